The molecule has 3 aromatic rings. The molecule has 0 aliphatic carbocycles. The first kappa shape index (κ1) is 18.3. The molecule has 134 valence electrons. The van der Waals surface area contributed by atoms with E-state index in [9.17, 15) is 9.59 Å². The van der Waals surface area contributed by atoms with E-state index in [0.717, 1.165) is 42.0 Å². The molecule has 1 aromatic heterocycles. The lowest BCUT2D eigenvalue weighted by Gasteiger charge is -2.04. The Morgan fingerprint density at radius 1 is 0.923 bits per heavy atom. The number of benzene rings is 2. The Hall–Kier alpha value is -2.53. The van der Waals surface area contributed by atoms with E-state index < -0.39 is 0 Å². The predicted molar refractivity (Wildman–Crippen MR) is 107 cm³/mol. The third-order valence-corrected chi connectivity index (χ3v) is 5.00. The molecule has 0 aliphatic rings. The van der Waals surface area contributed by atoms with Gasteiger partial charge in [-0.05, 0) is 29.7 Å². The summed E-state index contributed by atoms with van der Waals surface area (Å²) in [4.78, 5) is 28.1. The van der Waals surface area contributed by atoms with E-state index in [1.807, 2.05) is 47.8 Å². The summed E-state index contributed by atoms with van der Waals surface area (Å²) in [5.41, 5.74) is 0.784. The molecule has 1 N–H and O–H groups in total. The van der Waals surface area contributed by atoms with Gasteiger partial charge in [-0.15, -0.1) is 11.3 Å². The highest BCUT2D eigenvalue weighted by Crippen LogP contribution is 2.18. The van der Waals surface area contributed by atoms with E-state index in [0.29, 0.717) is 18.0 Å². The third-order valence-electron chi connectivity index (χ3n) is 4.31. The van der Waals surface area contributed by atoms with Gasteiger partial charge >= 0.3 is 0 Å². The van der Waals surface area contributed by atoms with Crippen LogP contribution in [0, 0.1) is 0 Å². The zero-order chi connectivity index (χ0) is 18.2. The van der Waals surface area contributed by atoms with E-state index >= 15 is 0 Å². The fourth-order valence-electron chi connectivity index (χ4n) is 2.90. The van der Waals surface area contributed by atoms with Crippen molar-refractivity contribution in [2.75, 3.05) is 5.32 Å². The Bertz CT molecular complexity index is 875. The van der Waals surface area contributed by atoms with Crippen LogP contribution in [-0.2, 0) is 4.79 Å². The summed E-state index contributed by atoms with van der Waals surface area (Å²) < 4.78 is 0. The molecule has 0 saturated carbocycles. The summed E-state index contributed by atoms with van der Waals surface area (Å²) in [6, 6.07) is 14.0. The van der Waals surface area contributed by atoms with Crippen LogP contribution in [0.2, 0.25) is 0 Å². The Morgan fingerprint density at radius 2 is 1.69 bits per heavy atom. The normalized spacial score (nSPS) is 10.8. The van der Waals surface area contributed by atoms with E-state index in [1.165, 1.54) is 11.3 Å². The number of amides is 1. The second kappa shape index (κ2) is 9.25. The molecule has 4 nitrogen and oxygen atoms in total. The van der Waals surface area contributed by atoms with Gasteiger partial charge in [0, 0.05) is 30.0 Å². The zero-order valence-electron chi connectivity index (χ0n) is 14.6. The fourth-order valence-corrected chi connectivity index (χ4v) is 3.44. The predicted octanol–water partition coefficient (Wildman–Crippen LogP) is 5.46. The van der Waals surface area contributed by atoms with Crippen molar-refractivity contribution in [1.82, 2.24) is 4.98 Å². The van der Waals surface area contributed by atoms with Gasteiger partial charge in [0.25, 0.3) is 0 Å². The van der Waals surface area contributed by atoms with Crippen LogP contribution in [0.15, 0.2) is 54.0 Å². The number of nitrogens with one attached hydrogen (secondary N) is 1. The molecule has 0 unspecified atom stereocenters. The number of unbranched alkanes of at least 4 members (excludes halogenated alkanes) is 3. The van der Waals surface area contributed by atoms with Crippen LogP contribution >= 0.6 is 11.3 Å². The minimum Gasteiger partial charge on any atom is -0.302 e. The number of rotatable bonds is 9. The van der Waals surface area contributed by atoms with Gasteiger partial charge in [-0.1, -0.05) is 49.2 Å². The van der Waals surface area contributed by atoms with Crippen molar-refractivity contribution in [2.45, 2.75) is 38.5 Å². The molecule has 1 amide bonds. The molecule has 26 heavy (non-hydrogen) atoms. The van der Waals surface area contributed by atoms with E-state index in [2.05, 4.69) is 10.3 Å². The maximum absolute atomic E-state index is 12.3. The molecule has 2 aromatic carbocycles. The zero-order valence-corrected chi connectivity index (χ0v) is 15.4. The largest absolute Gasteiger partial charge is 0.302 e. The molecule has 3 rings (SSSR count). The van der Waals surface area contributed by atoms with Crippen molar-refractivity contribution < 1.29 is 9.59 Å². The first-order valence-electron chi connectivity index (χ1n) is 8.94. The topological polar surface area (TPSA) is 59.1 Å². The molecule has 1 heterocycles. The summed E-state index contributed by atoms with van der Waals surface area (Å²) >= 11 is 1.42. The number of hydrogen-bond donors (Lipinski definition) is 1. The van der Waals surface area contributed by atoms with Gasteiger partial charge in [0.05, 0.1) is 0 Å². The maximum Gasteiger partial charge on any atom is 0.226 e. The van der Waals surface area contributed by atoms with Crippen molar-refractivity contribution in [3.8, 4) is 0 Å². The highest BCUT2D eigenvalue weighted by Gasteiger charge is 2.07. The van der Waals surface area contributed by atoms with E-state index in [4.69, 9.17) is 0 Å². The Kier molecular flexibility index (Phi) is 6.50. The van der Waals surface area contributed by atoms with Gasteiger partial charge in [0.15, 0.2) is 10.9 Å². The van der Waals surface area contributed by atoms with Crippen molar-refractivity contribution in [1.29, 1.82) is 0 Å². The number of aromatic nitrogens is 1. The standard InChI is InChI=1S/C21H22N2O2S/c24-19(18-12-11-16-7-5-6-8-17(16)15-18)9-3-1-2-4-10-20(25)23-21-22-13-14-26-21/h5-8,11-15H,1-4,9-10H2,(H,22,23,25). The molecule has 0 radical (unpaired) electrons. The summed E-state index contributed by atoms with van der Waals surface area (Å²) in [6.07, 6.45) is 6.34. The third kappa shape index (κ3) is 5.23. The quantitative estimate of drug-likeness (QED) is 0.404. The first-order valence-corrected chi connectivity index (χ1v) is 9.82. The number of carbonyl (C=O) groups excluding carboxylic acids is 2. The number of carbonyl (C=O) groups is 2. The van der Waals surface area contributed by atoms with Crippen molar-refractivity contribution in [3.63, 3.8) is 0 Å². The molecule has 0 atom stereocenters. The average Bonchev–Trinajstić information content (AvgIpc) is 3.16. The summed E-state index contributed by atoms with van der Waals surface area (Å²) in [7, 11) is 0. The molecule has 0 fully saturated rings. The van der Waals surface area contributed by atoms with Gasteiger partial charge in [-0.3, -0.25) is 9.59 Å². The molecule has 0 bridgehead atoms. The molecule has 5 heteroatoms. The smallest absolute Gasteiger partial charge is 0.226 e. The van der Waals surface area contributed by atoms with Crippen LogP contribution in [0.25, 0.3) is 10.8 Å². The van der Waals surface area contributed by atoms with Crippen LogP contribution in [0.1, 0.15) is 48.9 Å². The fraction of sp³-hybridized carbons (Fsp3) is 0.286. The lowest BCUT2D eigenvalue weighted by atomic mass is 10.0. The van der Waals surface area contributed by atoms with Gasteiger partial charge in [0.2, 0.25) is 5.91 Å². The minimum absolute atomic E-state index is 0.00666. The van der Waals surface area contributed by atoms with Crippen LogP contribution in [-0.4, -0.2) is 16.7 Å². The molecule has 0 aliphatic heterocycles. The second-order valence-corrected chi connectivity index (χ2v) is 7.18. The number of nitrogens with zero attached hydrogens (tertiary/aromatic N) is 1. The summed E-state index contributed by atoms with van der Waals surface area (Å²) in [5, 5.41) is 7.52. The van der Waals surface area contributed by atoms with Crippen molar-refractivity contribution in [3.05, 3.63) is 59.6 Å². The van der Waals surface area contributed by atoms with E-state index in [1.54, 1.807) is 6.20 Å². The Balaban J connectivity index is 1.34. The van der Waals surface area contributed by atoms with Gasteiger partial charge in [0.1, 0.15) is 0 Å². The van der Waals surface area contributed by atoms with Crippen LogP contribution < -0.4 is 5.32 Å². The number of ketones is 1. The van der Waals surface area contributed by atoms with Gasteiger partial charge in [-0.2, -0.15) is 0 Å². The lowest BCUT2D eigenvalue weighted by Crippen LogP contribution is -2.10. The second-order valence-electron chi connectivity index (χ2n) is 6.28. The number of hydrogen-bond acceptors (Lipinski definition) is 4. The number of Topliss-reactive ketones (excluding diaryl/α,β-unsaturated/α-hetero) is 1. The van der Waals surface area contributed by atoms with Crippen LogP contribution in [0.3, 0.4) is 0 Å². The number of fused-ring (bicyclic) bond motifs is 1. The summed E-state index contributed by atoms with van der Waals surface area (Å²) in [5.74, 6) is 0.199. The van der Waals surface area contributed by atoms with Gasteiger partial charge < -0.3 is 5.32 Å². The number of thiazole rings is 1. The molecule has 0 saturated heterocycles. The lowest BCUT2D eigenvalue weighted by molar-refractivity contribution is -0.116. The maximum atomic E-state index is 12.3. The van der Waals surface area contributed by atoms with E-state index in [-0.39, 0.29) is 11.7 Å². The Labute approximate surface area is 157 Å². The average molecular weight is 366 g/mol. The molecule has 0 spiro atoms. The van der Waals surface area contributed by atoms with Crippen LogP contribution in [0.5, 0.6) is 0 Å². The minimum atomic E-state index is 0.00666. The number of anilines is 1. The first-order chi connectivity index (χ1) is 12.7. The van der Waals surface area contributed by atoms with Crippen LogP contribution in [0.4, 0.5) is 5.13 Å². The molecular weight excluding hydrogens is 344 g/mol. The van der Waals surface area contributed by atoms with Gasteiger partial charge in [-0.25, -0.2) is 4.98 Å². The monoisotopic (exact) mass is 366 g/mol. The highest BCUT2D eigenvalue weighted by molar-refractivity contribution is 7.13. The van der Waals surface area contributed by atoms with Crippen molar-refractivity contribution >= 4 is 38.9 Å². The van der Waals surface area contributed by atoms with Crippen molar-refractivity contribution in [2.24, 2.45) is 0 Å². The SMILES string of the molecule is O=C(CCCCCCC(=O)c1ccc2ccccc2c1)Nc1nccs1. The Morgan fingerprint density at radius 3 is 2.46 bits per heavy atom. The summed E-state index contributed by atoms with van der Waals surface area (Å²) in [6.45, 7) is 0. The molecular formula is C21H22N2O2S. The highest BCUT2D eigenvalue weighted by atomic mass is 32.1.